The lowest BCUT2D eigenvalue weighted by molar-refractivity contribution is -0.384. The molecule has 1 aromatic carbocycles. The van der Waals surface area contributed by atoms with E-state index in [-0.39, 0.29) is 10.9 Å². The van der Waals surface area contributed by atoms with Gasteiger partial charge in [0.15, 0.2) is 0 Å². The number of benzene rings is 1. The molecule has 0 amide bonds. The Hall–Kier alpha value is -2.40. The van der Waals surface area contributed by atoms with Crippen LogP contribution in [0.3, 0.4) is 0 Å². The third-order valence-corrected chi connectivity index (χ3v) is 4.56. The molecule has 0 saturated heterocycles. The number of aromatic nitrogens is 4. The molecule has 3 aromatic rings. The third-order valence-electron chi connectivity index (χ3n) is 3.11. The standard InChI is InChI=1S/C14H13N5O4S2/c1-8(25-14-18-15-11(22-14)7-24-2)12-16-17-13(23-12)9-3-5-10(6-4-9)19(20)21/h3-6,8H,7H2,1-2H3. The summed E-state index contributed by atoms with van der Waals surface area (Å²) in [5.74, 6) is 1.93. The van der Waals surface area contributed by atoms with Gasteiger partial charge in [-0.15, -0.1) is 20.4 Å². The van der Waals surface area contributed by atoms with Gasteiger partial charge in [0.2, 0.25) is 17.7 Å². The molecule has 0 saturated carbocycles. The maximum atomic E-state index is 10.7. The van der Waals surface area contributed by atoms with Crippen molar-refractivity contribution in [2.75, 3.05) is 6.26 Å². The van der Waals surface area contributed by atoms with E-state index in [0.717, 1.165) is 0 Å². The fourth-order valence-corrected chi connectivity index (χ4v) is 3.00. The fourth-order valence-electron chi connectivity index (χ4n) is 1.91. The number of rotatable bonds is 7. The van der Waals surface area contributed by atoms with Crippen molar-refractivity contribution >= 4 is 29.2 Å². The van der Waals surface area contributed by atoms with Gasteiger partial charge in [-0.3, -0.25) is 10.1 Å². The molecule has 3 rings (SSSR count). The second-order valence-corrected chi connectivity index (χ2v) is 7.06. The van der Waals surface area contributed by atoms with Crippen LogP contribution in [0.25, 0.3) is 11.5 Å². The van der Waals surface area contributed by atoms with Crippen LogP contribution in [0.2, 0.25) is 0 Å². The predicted octanol–water partition coefficient (Wildman–Crippen LogP) is 3.74. The molecular formula is C14H13N5O4S2. The van der Waals surface area contributed by atoms with E-state index in [9.17, 15) is 10.1 Å². The van der Waals surface area contributed by atoms with E-state index in [1.165, 1.54) is 23.9 Å². The Labute approximate surface area is 150 Å². The lowest BCUT2D eigenvalue weighted by atomic mass is 10.2. The summed E-state index contributed by atoms with van der Waals surface area (Å²) in [5.41, 5.74) is 0.617. The van der Waals surface area contributed by atoms with Crippen molar-refractivity contribution in [2.24, 2.45) is 0 Å². The number of nitro groups is 1. The molecule has 0 spiro atoms. The van der Waals surface area contributed by atoms with Crippen LogP contribution < -0.4 is 0 Å². The Bertz CT molecular complexity index is 864. The Balaban J connectivity index is 1.70. The number of nitro benzene ring substituents is 1. The van der Waals surface area contributed by atoms with Crippen molar-refractivity contribution < 1.29 is 13.8 Å². The molecule has 2 aromatic heterocycles. The van der Waals surface area contributed by atoms with Crippen LogP contribution in [0.1, 0.15) is 24.0 Å². The molecule has 0 bridgehead atoms. The first-order valence-corrected chi connectivity index (χ1v) is 9.40. The quantitative estimate of drug-likeness (QED) is 0.341. The average molecular weight is 379 g/mol. The first-order chi connectivity index (χ1) is 12.1. The number of hydrogen-bond acceptors (Lipinski definition) is 10. The average Bonchev–Trinajstić information content (AvgIpc) is 3.25. The van der Waals surface area contributed by atoms with Crippen LogP contribution in [-0.2, 0) is 5.75 Å². The molecule has 1 atom stereocenters. The summed E-state index contributed by atoms with van der Waals surface area (Å²) in [6.07, 6.45) is 1.96. The molecule has 0 N–H and O–H groups in total. The lowest BCUT2D eigenvalue weighted by Gasteiger charge is -2.01. The molecule has 9 nitrogen and oxygen atoms in total. The minimum absolute atomic E-state index is 0.00449. The summed E-state index contributed by atoms with van der Waals surface area (Å²) in [5, 5.41) is 26.9. The predicted molar refractivity (Wildman–Crippen MR) is 92.2 cm³/mol. The topological polar surface area (TPSA) is 121 Å². The van der Waals surface area contributed by atoms with Crippen molar-refractivity contribution in [3.63, 3.8) is 0 Å². The maximum absolute atomic E-state index is 10.7. The van der Waals surface area contributed by atoms with Crippen LogP contribution in [0.4, 0.5) is 5.69 Å². The fraction of sp³-hybridized carbons (Fsp3) is 0.286. The summed E-state index contributed by atoms with van der Waals surface area (Å²) in [7, 11) is 0. The van der Waals surface area contributed by atoms with E-state index < -0.39 is 4.92 Å². The Morgan fingerprint density at radius 2 is 1.92 bits per heavy atom. The molecule has 0 aliphatic heterocycles. The zero-order chi connectivity index (χ0) is 17.8. The smallest absolute Gasteiger partial charge is 0.277 e. The second kappa shape index (κ2) is 7.66. The van der Waals surface area contributed by atoms with Gasteiger partial charge in [0.05, 0.1) is 15.9 Å². The Morgan fingerprint density at radius 1 is 1.16 bits per heavy atom. The minimum atomic E-state index is -0.461. The second-order valence-electron chi connectivity index (χ2n) is 4.90. The van der Waals surface area contributed by atoms with Gasteiger partial charge in [0.25, 0.3) is 10.9 Å². The van der Waals surface area contributed by atoms with Gasteiger partial charge >= 0.3 is 0 Å². The molecule has 0 aliphatic carbocycles. The highest BCUT2D eigenvalue weighted by Crippen LogP contribution is 2.34. The zero-order valence-corrected chi connectivity index (χ0v) is 14.9. The SMILES string of the molecule is CSCc1nnc(SC(C)c2nnc(-c3ccc([N+](=O)[O-])cc3)o2)o1. The largest absolute Gasteiger partial charge is 0.419 e. The summed E-state index contributed by atoms with van der Waals surface area (Å²) >= 11 is 2.92. The summed E-state index contributed by atoms with van der Waals surface area (Å²) in [4.78, 5) is 10.2. The van der Waals surface area contributed by atoms with E-state index in [4.69, 9.17) is 8.83 Å². The molecule has 2 heterocycles. The number of thioether (sulfide) groups is 2. The van der Waals surface area contributed by atoms with Gasteiger partial charge < -0.3 is 8.83 Å². The van der Waals surface area contributed by atoms with Crippen molar-refractivity contribution in [2.45, 2.75) is 23.1 Å². The number of hydrogen-bond donors (Lipinski definition) is 0. The van der Waals surface area contributed by atoms with Crippen LogP contribution in [0.5, 0.6) is 0 Å². The van der Waals surface area contributed by atoms with Crippen molar-refractivity contribution in [3.8, 4) is 11.5 Å². The van der Waals surface area contributed by atoms with Gasteiger partial charge in [-0.25, -0.2) is 0 Å². The Kier molecular flexibility index (Phi) is 5.34. The van der Waals surface area contributed by atoms with Gasteiger partial charge in [0, 0.05) is 17.7 Å². The van der Waals surface area contributed by atoms with Crippen molar-refractivity contribution in [3.05, 3.63) is 46.2 Å². The van der Waals surface area contributed by atoms with Gasteiger partial charge in [-0.1, -0.05) is 11.8 Å². The van der Waals surface area contributed by atoms with Crippen LogP contribution >= 0.6 is 23.5 Å². The van der Waals surface area contributed by atoms with E-state index >= 15 is 0 Å². The number of non-ortho nitro benzene ring substituents is 1. The van der Waals surface area contributed by atoms with E-state index in [2.05, 4.69) is 20.4 Å². The lowest BCUT2D eigenvalue weighted by Crippen LogP contribution is -1.88. The van der Waals surface area contributed by atoms with E-state index in [1.807, 2.05) is 13.2 Å². The van der Waals surface area contributed by atoms with Crippen molar-refractivity contribution in [1.82, 2.24) is 20.4 Å². The maximum Gasteiger partial charge on any atom is 0.277 e. The van der Waals surface area contributed by atoms with Crippen LogP contribution in [0, 0.1) is 10.1 Å². The zero-order valence-electron chi connectivity index (χ0n) is 13.3. The monoisotopic (exact) mass is 379 g/mol. The third kappa shape index (κ3) is 4.17. The number of nitrogens with zero attached hydrogens (tertiary/aromatic N) is 5. The first kappa shape index (κ1) is 17.4. The highest BCUT2D eigenvalue weighted by atomic mass is 32.2. The Morgan fingerprint density at radius 3 is 2.60 bits per heavy atom. The molecule has 25 heavy (non-hydrogen) atoms. The first-order valence-electron chi connectivity index (χ1n) is 7.13. The summed E-state index contributed by atoms with van der Waals surface area (Å²) < 4.78 is 11.2. The molecule has 11 heteroatoms. The van der Waals surface area contributed by atoms with E-state index in [1.54, 1.807) is 23.9 Å². The highest BCUT2D eigenvalue weighted by Gasteiger charge is 2.19. The van der Waals surface area contributed by atoms with Gasteiger partial charge in [0.1, 0.15) is 0 Å². The molecular weight excluding hydrogens is 366 g/mol. The highest BCUT2D eigenvalue weighted by molar-refractivity contribution is 7.99. The van der Waals surface area contributed by atoms with Crippen molar-refractivity contribution in [1.29, 1.82) is 0 Å². The van der Waals surface area contributed by atoms with Crippen LogP contribution in [0.15, 0.2) is 38.3 Å². The molecule has 130 valence electrons. The molecule has 1 unspecified atom stereocenters. The van der Waals surface area contributed by atoms with E-state index in [0.29, 0.717) is 34.2 Å². The van der Waals surface area contributed by atoms with Gasteiger partial charge in [-0.05, 0) is 25.3 Å². The van der Waals surface area contributed by atoms with Crippen LogP contribution in [-0.4, -0.2) is 31.6 Å². The normalized spacial score (nSPS) is 12.2. The minimum Gasteiger partial charge on any atom is -0.419 e. The summed E-state index contributed by atoms with van der Waals surface area (Å²) in [6.45, 7) is 1.89. The molecule has 0 aliphatic rings. The summed E-state index contributed by atoms with van der Waals surface area (Å²) in [6, 6.07) is 5.92. The molecule has 0 radical (unpaired) electrons. The van der Waals surface area contributed by atoms with Gasteiger partial charge in [-0.2, -0.15) is 11.8 Å². The molecule has 0 fully saturated rings.